The summed E-state index contributed by atoms with van der Waals surface area (Å²) in [5, 5.41) is 3.95. The molecule has 0 amide bonds. The van der Waals surface area contributed by atoms with Crippen molar-refractivity contribution in [3.05, 3.63) is 29.8 Å². The molecule has 1 fully saturated rings. The highest BCUT2D eigenvalue weighted by Gasteiger charge is 2.36. The molecule has 5 nitrogen and oxygen atoms in total. The van der Waals surface area contributed by atoms with Crippen LogP contribution in [0.1, 0.15) is 31.5 Å². The molecule has 1 aromatic carbocycles. The van der Waals surface area contributed by atoms with E-state index in [1.165, 1.54) is 19.2 Å². The van der Waals surface area contributed by atoms with Crippen molar-refractivity contribution >= 4 is 0 Å². The minimum Gasteiger partial charge on any atom is -0.494 e. The normalized spacial score (nSPS) is 17.4. The van der Waals surface area contributed by atoms with Gasteiger partial charge in [0.1, 0.15) is 0 Å². The molecular formula is C14H16FN3O2. The van der Waals surface area contributed by atoms with Crippen molar-refractivity contribution in [2.45, 2.75) is 31.2 Å². The molecule has 0 unspecified atom stereocenters. The smallest absolute Gasteiger partial charge is 0.258 e. The highest BCUT2D eigenvalue weighted by atomic mass is 19.1. The van der Waals surface area contributed by atoms with Gasteiger partial charge in [-0.2, -0.15) is 4.98 Å². The molecule has 1 heterocycles. The third kappa shape index (κ3) is 2.16. The average molecular weight is 277 g/mol. The van der Waals surface area contributed by atoms with Crippen LogP contribution < -0.4 is 10.5 Å². The lowest BCUT2D eigenvalue weighted by Crippen LogP contribution is -2.34. The van der Waals surface area contributed by atoms with Crippen molar-refractivity contribution < 1.29 is 13.7 Å². The van der Waals surface area contributed by atoms with Gasteiger partial charge in [0.05, 0.1) is 12.6 Å². The van der Waals surface area contributed by atoms with Crippen LogP contribution in [0.3, 0.4) is 0 Å². The maximum atomic E-state index is 13.7. The fraction of sp³-hybridized carbons (Fsp3) is 0.429. The van der Waals surface area contributed by atoms with Crippen molar-refractivity contribution in [2.24, 2.45) is 5.73 Å². The van der Waals surface area contributed by atoms with Gasteiger partial charge in [-0.3, -0.25) is 0 Å². The van der Waals surface area contributed by atoms with Crippen LogP contribution in [0.25, 0.3) is 11.5 Å². The highest BCUT2D eigenvalue weighted by molar-refractivity contribution is 5.54. The lowest BCUT2D eigenvalue weighted by Gasteiger charge is -2.17. The van der Waals surface area contributed by atoms with Crippen LogP contribution in [-0.4, -0.2) is 17.3 Å². The number of benzene rings is 1. The number of nitrogens with two attached hydrogens (primary N) is 1. The largest absolute Gasteiger partial charge is 0.494 e. The molecule has 20 heavy (non-hydrogen) atoms. The van der Waals surface area contributed by atoms with Gasteiger partial charge in [-0.05, 0) is 31.0 Å². The van der Waals surface area contributed by atoms with Gasteiger partial charge in [0.15, 0.2) is 17.4 Å². The molecule has 1 aliphatic carbocycles. The van der Waals surface area contributed by atoms with Crippen molar-refractivity contribution in [1.29, 1.82) is 0 Å². The van der Waals surface area contributed by atoms with E-state index in [1.807, 2.05) is 0 Å². The number of hydrogen-bond donors (Lipinski definition) is 1. The Morgan fingerprint density at radius 3 is 2.75 bits per heavy atom. The number of nitrogens with zero attached hydrogens (tertiary/aromatic N) is 2. The summed E-state index contributed by atoms with van der Waals surface area (Å²) in [7, 11) is 1.42. The van der Waals surface area contributed by atoms with E-state index in [2.05, 4.69) is 10.1 Å². The number of aromatic nitrogens is 2. The van der Waals surface area contributed by atoms with Crippen LogP contribution in [0.4, 0.5) is 4.39 Å². The van der Waals surface area contributed by atoms with E-state index in [4.69, 9.17) is 15.0 Å². The minimum absolute atomic E-state index is 0.180. The fourth-order valence-corrected chi connectivity index (χ4v) is 2.57. The van der Waals surface area contributed by atoms with Crippen molar-refractivity contribution in [2.75, 3.05) is 7.11 Å². The summed E-state index contributed by atoms with van der Waals surface area (Å²) in [6.45, 7) is 0. The first-order valence-corrected chi connectivity index (χ1v) is 6.59. The Kier molecular flexibility index (Phi) is 3.17. The molecule has 1 saturated carbocycles. The van der Waals surface area contributed by atoms with Crippen LogP contribution >= 0.6 is 0 Å². The van der Waals surface area contributed by atoms with E-state index in [0.29, 0.717) is 11.4 Å². The second-order valence-corrected chi connectivity index (χ2v) is 5.14. The molecule has 0 atom stereocenters. The SMILES string of the molecule is COc1ccc(-c2nc(C3(N)CCCC3)no2)cc1F. The molecule has 3 rings (SSSR count). The topological polar surface area (TPSA) is 74.2 Å². The molecule has 0 aliphatic heterocycles. The van der Waals surface area contributed by atoms with Crippen LogP contribution in [0.2, 0.25) is 0 Å². The zero-order valence-corrected chi connectivity index (χ0v) is 11.2. The first-order valence-electron chi connectivity index (χ1n) is 6.59. The number of ether oxygens (including phenoxy) is 1. The zero-order chi connectivity index (χ0) is 14.2. The molecular weight excluding hydrogens is 261 g/mol. The van der Waals surface area contributed by atoms with Crippen molar-refractivity contribution in [1.82, 2.24) is 10.1 Å². The lowest BCUT2D eigenvalue weighted by molar-refractivity contribution is 0.372. The Bertz CT molecular complexity index is 621. The van der Waals surface area contributed by atoms with E-state index < -0.39 is 11.4 Å². The van der Waals surface area contributed by atoms with Gasteiger partial charge < -0.3 is 15.0 Å². The van der Waals surface area contributed by atoms with Gasteiger partial charge in [-0.15, -0.1) is 0 Å². The van der Waals surface area contributed by atoms with Crippen LogP contribution in [0.5, 0.6) is 5.75 Å². The Morgan fingerprint density at radius 2 is 2.10 bits per heavy atom. The number of methoxy groups -OCH3 is 1. The maximum absolute atomic E-state index is 13.7. The lowest BCUT2D eigenvalue weighted by atomic mass is 9.99. The average Bonchev–Trinajstić information content (AvgIpc) is 3.08. The molecule has 1 aromatic heterocycles. The molecule has 2 aromatic rings. The summed E-state index contributed by atoms with van der Waals surface area (Å²) in [5.74, 6) is 0.493. The van der Waals surface area contributed by atoms with Gasteiger partial charge in [-0.1, -0.05) is 18.0 Å². The second-order valence-electron chi connectivity index (χ2n) is 5.14. The van der Waals surface area contributed by atoms with Crippen LogP contribution in [-0.2, 0) is 5.54 Å². The molecule has 0 radical (unpaired) electrons. The summed E-state index contributed by atoms with van der Waals surface area (Å²) in [6.07, 6.45) is 3.83. The summed E-state index contributed by atoms with van der Waals surface area (Å²) < 4.78 is 23.8. The first-order chi connectivity index (χ1) is 9.62. The van der Waals surface area contributed by atoms with E-state index in [1.54, 1.807) is 6.07 Å². The minimum atomic E-state index is -0.507. The predicted molar refractivity (Wildman–Crippen MR) is 70.6 cm³/mol. The molecule has 0 spiro atoms. The van der Waals surface area contributed by atoms with E-state index >= 15 is 0 Å². The summed E-state index contributed by atoms with van der Waals surface area (Å²) in [4.78, 5) is 4.32. The van der Waals surface area contributed by atoms with Gasteiger partial charge in [0.2, 0.25) is 0 Å². The highest BCUT2D eigenvalue weighted by Crippen LogP contribution is 2.35. The number of hydrogen-bond acceptors (Lipinski definition) is 5. The maximum Gasteiger partial charge on any atom is 0.258 e. The predicted octanol–water partition coefficient (Wildman–Crippen LogP) is 2.61. The van der Waals surface area contributed by atoms with E-state index in [0.717, 1.165) is 25.7 Å². The fourth-order valence-electron chi connectivity index (χ4n) is 2.57. The third-order valence-corrected chi connectivity index (χ3v) is 3.77. The monoisotopic (exact) mass is 277 g/mol. The Labute approximate surface area is 115 Å². The molecule has 1 aliphatic rings. The molecule has 6 heteroatoms. The Hall–Kier alpha value is -1.95. The second kappa shape index (κ2) is 4.86. The van der Waals surface area contributed by atoms with Gasteiger partial charge in [0, 0.05) is 5.56 Å². The zero-order valence-electron chi connectivity index (χ0n) is 11.2. The van der Waals surface area contributed by atoms with Gasteiger partial charge >= 0.3 is 0 Å². The van der Waals surface area contributed by atoms with Gasteiger partial charge in [0.25, 0.3) is 5.89 Å². The third-order valence-electron chi connectivity index (χ3n) is 3.77. The Balaban J connectivity index is 1.92. The van der Waals surface area contributed by atoms with Crippen molar-refractivity contribution in [3.63, 3.8) is 0 Å². The summed E-state index contributed by atoms with van der Waals surface area (Å²) in [6, 6.07) is 4.52. The molecule has 2 N–H and O–H groups in total. The summed E-state index contributed by atoms with van der Waals surface area (Å²) >= 11 is 0. The number of rotatable bonds is 3. The van der Waals surface area contributed by atoms with E-state index in [-0.39, 0.29) is 11.6 Å². The van der Waals surface area contributed by atoms with Gasteiger partial charge in [-0.25, -0.2) is 4.39 Å². The standard InChI is InChI=1S/C14H16FN3O2/c1-19-11-5-4-9(8-10(11)15)12-17-13(18-20-12)14(16)6-2-3-7-14/h4-5,8H,2-3,6-7,16H2,1H3. The molecule has 0 bridgehead atoms. The van der Waals surface area contributed by atoms with Crippen LogP contribution in [0.15, 0.2) is 22.7 Å². The molecule has 0 saturated heterocycles. The van der Waals surface area contributed by atoms with Crippen molar-refractivity contribution in [3.8, 4) is 17.2 Å². The number of halogens is 1. The Morgan fingerprint density at radius 1 is 1.35 bits per heavy atom. The summed E-state index contributed by atoms with van der Waals surface area (Å²) in [5.41, 5.74) is 6.28. The quantitative estimate of drug-likeness (QED) is 0.933. The molecule has 106 valence electrons. The van der Waals surface area contributed by atoms with Crippen LogP contribution in [0, 0.1) is 5.82 Å². The first kappa shape index (κ1) is 13.1. The van der Waals surface area contributed by atoms with E-state index in [9.17, 15) is 4.39 Å².